The fraction of sp³-hybridized carbons (Fsp3) is 0.611. The van der Waals surface area contributed by atoms with Gasteiger partial charge in [0.05, 0.1) is 4.08 Å². The zero-order chi connectivity index (χ0) is 15.0. The van der Waals surface area contributed by atoms with E-state index in [1.54, 1.807) is 0 Å². The van der Waals surface area contributed by atoms with Gasteiger partial charge in [-0.2, -0.15) is 0 Å². The van der Waals surface area contributed by atoms with Crippen molar-refractivity contribution in [3.05, 3.63) is 30.3 Å². The van der Waals surface area contributed by atoms with Crippen molar-refractivity contribution in [2.45, 2.75) is 36.2 Å². The number of amides is 1. The van der Waals surface area contributed by atoms with Crippen molar-refractivity contribution in [2.75, 3.05) is 16.8 Å². The molecule has 2 aliphatic carbocycles. The maximum Gasteiger partial charge on any atom is 0.227 e. The van der Waals surface area contributed by atoms with Gasteiger partial charge in [-0.15, -0.1) is 23.5 Å². The van der Waals surface area contributed by atoms with Crippen LogP contribution < -0.4 is 5.32 Å². The van der Waals surface area contributed by atoms with E-state index in [1.165, 1.54) is 30.8 Å². The van der Waals surface area contributed by atoms with E-state index in [9.17, 15) is 4.79 Å². The summed E-state index contributed by atoms with van der Waals surface area (Å²) in [6.45, 7) is 0. The first-order chi connectivity index (χ1) is 10.8. The molecule has 0 radical (unpaired) electrons. The second kappa shape index (κ2) is 6.12. The largest absolute Gasteiger partial charge is 0.326 e. The van der Waals surface area contributed by atoms with Crippen molar-refractivity contribution < 1.29 is 4.79 Å². The first-order valence-electron chi connectivity index (χ1n) is 8.42. The number of thioether (sulfide) groups is 2. The zero-order valence-corrected chi connectivity index (χ0v) is 14.4. The molecule has 0 unspecified atom stereocenters. The lowest BCUT2D eigenvalue weighted by atomic mass is 9.67. The maximum atomic E-state index is 12.7. The first kappa shape index (κ1) is 14.9. The molecule has 118 valence electrons. The molecule has 1 spiro atoms. The Kier molecular flexibility index (Phi) is 4.16. The van der Waals surface area contributed by atoms with Gasteiger partial charge >= 0.3 is 0 Å². The number of carbonyl (C=O) groups is 1. The molecule has 1 saturated heterocycles. The van der Waals surface area contributed by atoms with E-state index < -0.39 is 0 Å². The second-order valence-electron chi connectivity index (χ2n) is 6.77. The molecule has 2 saturated carbocycles. The number of benzene rings is 1. The quantitative estimate of drug-likeness (QED) is 0.855. The fourth-order valence-corrected chi connectivity index (χ4v) is 8.53. The van der Waals surface area contributed by atoms with Crippen molar-refractivity contribution in [1.29, 1.82) is 0 Å². The average molecular weight is 334 g/mol. The lowest BCUT2D eigenvalue weighted by Gasteiger charge is -2.52. The highest BCUT2D eigenvalue weighted by Gasteiger charge is 2.55. The van der Waals surface area contributed by atoms with E-state index in [2.05, 4.69) is 28.8 Å². The SMILES string of the molecule is O=C(Nc1ccccc1)C1C[C@H]2CCC[C@H](C1)C21SCCS1. The smallest absolute Gasteiger partial charge is 0.227 e. The molecule has 3 aliphatic rings. The number of para-hydroxylation sites is 1. The summed E-state index contributed by atoms with van der Waals surface area (Å²) in [5, 5.41) is 3.13. The fourth-order valence-electron chi connectivity index (χ4n) is 4.59. The Morgan fingerprint density at radius 3 is 2.32 bits per heavy atom. The minimum absolute atomic E-state index is 0.211. The summed E-state index contributed by atoms with van der Waals surface area (Å²) < 4.78 is 0.460. The summed E-state index contributed by atoms with van der Waals surface area (Å²) in [6.07, 6.45) is 6.20. The van der Waals surface area contributed by atoms with Gasteiger partial charge in [0.25, 0.3) is 0 Å². The van der Waals surface area contributed by atoms with Crippen LogP contribution in [0.4, 0.5) is 5.69 Å². The minimum Gasteiger partial charge on any atom is -0.326 e. The molecule has 4 heteroatoms. The van der Waals surface area contributed by atoms with Crippen molar-refractivity contribution in [3.8, 4) is 0 Å². The van der Waals surface area contributed by atoms with E-state index in [0.717, 1.165) is 30.4 Å². The molecule has 3 fully saturated rings. The number of carbonyl (C=O) groups excluding carboxylic acids is 1. The third kappa shape index (κ3) is 2.58. The van der Waals surface area contributed by atoms with E-state index >= 15 is 0 Å². The molecule has 1 aromatic rings. The van der Waals surface area contributed by atoms with Gasteiger partial charge in [0.1, 0.15) is 0 Å². The number of rotatable bonds is 2. The van der Waals surface area contributed by atoms with E-state index in [4.69, 9.17) is 0 Å². The minimum atomic E-state index is 0.211. The van der Waals surface area contributed by atoms with Gasteiger partial charge in [-0.1, -0.05) is 24.6 Å². The standard InChI is InChI=1S/C18H23NOS2/c20-17(19-16-7-2-1-3-8-16)13-11-14-5-4-6-15(12-13)18(14)21-9-10-22-18/h1-3,7-8,13-15H,4-6,9-12H2,(H,19,20)/t14-,15-/m1/s1. The van der Waals surface area contributed by atoms with Crippen LogP contribution in [0.1, 0.15) is 32.1 Å². The molecular formula is C18H23NOS2. The molecule has 1 heterocycles. The zero-order valence-electron chi connectivity index (χ0n) is 12.8. The van der Waals surface area contributed by atoms with Crippen molar-refractivity contribution in [2.24, 2.45) is 17.8 Å². The monoisotopic (exact) mass is 333 g/mol. The van der Waals surface area contributed by atoms with E-state index in [1.807, 2.05) is 30.3 Å². The van der Waals surface area contributed by atoms with Crippen LogP contribution in [0.25, 0.3) is 0 Å². The third-order valence-corrected chi connectivity index (χ3v) is 9.55. The maximum absolute atomic E-state index is 12.7. The predicted molar refractivity (Wildman–Crippen MR) is 96.3 cm³/mol. The summed E-state index contributed by atoms with van der Waals surface area (Å²) in [7, 11) is 0. The molecule has 2 nitrogen and oxygen atoms in total. The van der Waals surface area contributed by atoms with Crippen molar-refractivity contribution >= 4 is 35.1 Å². The van der Waals surface area contributed by atoms with Gasteiger partial charge in [0.2, 0.25) is 5.91 Å². The van der Waals surface area contributed by atoms with Gasteiger partial charge < -0.3 is 5.32 Å². The first-order valence-corrected chi connectivity index (χ1v) is 10.4. The highest BCUT2D eigenvalue weighted by Crippen LogP contribution is 2.64. The highest BCUT2D eigenvalue weighted by molar-refractivity contribution is 8.21. The third-order valence-electron chi connectivity index (χ3n) is 5.53. The highest BCUT2D eigenvalue weighted by atomic mass is 32.2. The Bertz CT molecular complexity index is 525. The summed E-state index contributed by atoms with van der Waals surface area (Å²) in [4.78, 5) is 12.7. The summed E-state index contributed by atoms with van der Waals surface area (Å²) in [5.74, 6) is 4.54. The Balaban J connectivity index is 1.48. The molecule has 1 aliphatic heterocycles. The lowest BCUT2D eigenvalue weighted by Crippen LogP contribution is -2.48. The Hall–Kier alpha value is -0.610. The van der Waals surface area contributed by atoms with Crippen LogP contribution in [0.3, 0.4) is 0 Å². The van der Waals surface area contributed by atoms with Gasteiger partial charge in [-0.05, 0) is 49.7 Å². The number of nitrogens with one attached hydrogen (secondary N) is 1. The second-order valence-corrected chi connectivity index (χ2v) is 9.77. The Morgan fingerprint density at radius 1 is 1.05 bits per heavy atom. The summed E-state index contributed by atoms with van der Waals surface area (Å²) >= 11 is 4.41. The molecular weight excluding hydrogens is 310 g/mol. The summed E-state index contributed by atoms with van der Waals surface area (Å²) in [6, 6.07) is 9.90. The Morgan fingerprint density at radius 2 is 1.68 bits per heavy atom. The van der Waals surface area contributed by atoms with Crippen LogP contribution in [0.5, 0.6) is 0 Å². The molecule has 2 bridgehead atoms. The average Bonchev–Trinajstić information content (AvgIpc) is 2.97. The van der Waals surface area contributed by atoms with Crippen LogP contribution in [-0.4, -0.2) is 21.5 Å². The van der Waals surface area contributed by atoms with Crippen LogP contribution in [0.2, 0.25) is 0 Å². The van der Waals surface area contributed by atoms with Gasteiger partial charge in [-0.25, -0.2) is 0 Å². The van der Waals surface area contributed by atoms with Gasteiger partial charge in [-0.3, -0.25) is 4.79 Å². The molecule has 22 heavy (non-hydrogen) atoms. The number of hydrogen-bond acceptors (Lipinski definition) is 3. The topological polar surface area (TPSA) is 29.1 Å². The Labute approximate surface area is 141 Å². The van der Waals surface area contributed by atoms with Crippen LogP contribution in [0.15, 0.2) is 30.3 Å². The molecule has 1 amide bonds. The van der Waals surface area contributed by atoms with E-state index in [0.29, 0.717) is 4.08 Å². The van der Waals surface area contributed by atoms with Crippen LogP contribution >= 0.6 is 23.5 Å². The van der Waals surface area contributed by atoms with Crippen molar-refractivity contribution in [1.82, 2.24) is 0 Å². The normalized spacial score (nSPS) is 32.8. The molecule has 4 rings (SSSR count). The molecule has 0 aromatic heterocycles. The molecule has 2 atom stereocenters. The van der Waals surface area contributed by atoms with E-state index in [-0.39, 0.29) is 11.8 Å². The molecule has 1 aromatic carbocycles. The molecule has 1 N–H and O–H groups in total. The van der Waals surface area contributed by atoms with Crippen molar-refractivity contribution in [3.63, 3.8) is 0 Å². The predicted octanol–water partition coefficient (Wildman–Crippen LogP) is 4.63. The van der Waals surface area contributed by atoms with Crippen LogP contribution in [0, 0.1) is 17.8 Å². The van der Waals surface area contributed by atoms with Gasteiger partial charge in [0.15, 0.2) is 0 Å². The summed E-state index contributed by atoms with van der Waals surface area (Å²) in [5.41, 5.74) is 0.933. The lowest BCUT2D eigenvalue weighted by molar-refractivity contribution is -0.122. The van der Waals surface area contributed by atoms with Crippen LogP contribution in [-0.2, 0) is 4.79 Å². The number of anilines is 1. The van der Waals surface area contributed by atoms with Gasteiger partial charge in [0, 0.05) is 23.1 Å². The number of hydrogen-bond donors (Lipinski definition) is 1.